The molecule has 1 aliphatic rings. The first-order valence-corrected chi connectivity index (χ1v) is 13.3. The highest BCUT2D eigenvalue weighted by molar-refractivity contribution is 6.31. The second-order valence-electron chi connectivity index (χ2n) is 9.80. The molecule has 1 aromatic carbocycles. The normalized spacial score (nSPS) is 19.0. The van der Waals surface area contributed by atoms with Crippen molar-refractivity contribution in [3.8, 4) is 5.75 Å². The van der Waals surface area contributed by atoms with Gasteiger partial charge < -0.3 is 19.4 Å². The highest BCUT2D eigenvalue weighted by Crippen LogP contribution is 2.25. The van der Waals surface area contributed by atoms with Crippen molar-refractivity contribution >= 4 is 29.3 Å². The minimum atomic E-state index is -0.658. The van der Waals surface area contributed by atoms with E-state index in [4.69, 9.17) is 16.3 Å². The van der Waals surface area contributed by atoms with E-state index in [1.165, 1.54) is 4.90 Å². The molecule has 1 aromatic heterocycles. The molecule has 1 aliphatic heterocycles. The van der Waals surface area contributed by atoms with E-state index in [1.807, 2.05) is 18.7 Å². The molecule has 0 unspecified atom stereocenters. The third kappa shape index (κ3) is 7.03. The third-order valence-electron chi connectivity index (χ3n) is 6.72. The van der Waals surface area contributed by atoms with Crippen molar-refractivity contribution in [2.75, 3.05) is 40.3 Å². The van der Waals surface area contributed by atoms with Gasteiger partial charge in [0.1, 0.15) is 17.5 Å². The van der Waals surface area contributed by atoms with Gasteiger partial charge in [0, 0.05) is 51.0 Å². The minimum absolute atomic E-state index is 0.0460. The summed E-state index contributed by atoms with van der Waals surface area (Å²) in [6.07, 6.45) is 4.60. The smallest absolute Gasteiger partial charge is 0.272 e. The standard InChI is InChI=1S/C27H38ClN5O4/c1-19(2)33-23(12-13-29-33)27(36)32-15-7-6-14-30(4)25(34)20(3)31(5)26(35)22-18-21(28)10-11-24(22)37-17-9-8-16-32/h10-13,18-20H,6-9,14-17H2,1-5H3/t20-/m0/s1. The first kappa shape index (κ1) is 28.5. The molecule has 0 spiro atoms. The molecular formula is C27H38ClN5O4. The molecule has 0 radical (unpaired) electrons. The summed E-state index contributed by atoms with van der Waals surface area (Å²) >= 11 is 6.18. The van der Waals surface area contributed by atoms with Crippen LogP contribution >= 0.6 is 11.6 Å². The Morgan fingerprint density at radius 1 is 1.05 bits per heavy atom. The number of hydrogen-bond acceptors (Lipinski definition) is 5. The molecule has 2 aromatic rings. The van der Waals surface area contributed by atoms with E-state index in [1.54, 1.807) is 61.1 Å². The van der Waals surface area contributed by atoms with Crippen molar-refractivity contribution in [1.29, 1.82) is 0 Å². The maximum absolute atomic E-state index is 13.4. The van der Waals surface area contributed by atoms with E-state index in [9.17, 15) is 14.4 Å². The van der Waals surface area contributed by atoms with Crippen molar-refractivity contribution in [3.63, 3.8) is 0 Å². The molecular weight excluding hydrogens is 494 g/mol. The fourth-order valence-corrected chi connectivity index (χ4v) is 4.54. The minimum Gasteiger partial charge on any atom is -0.493 e. The number of amides is 3. The van der Waals surface area contributed by atoms with E-state index >= 15 is 0 Å². The van der Waals surface area contributed by atoms with Crippen LogP contribution in [0, 0.1) is 0 Å². The number of rotatable bonds is 2. The summed E-state index contributed by atoms with van der Waals surface area (Å²) < 4.78 is 7.72. The lowest BCUT2D eigenvalue weighted by Crippen LogP contribution is -2.47. The van der Waals surface area contributed by atoms with Gasteiger partial charge in [0.05, 0.1) is 12.2 Å². The first-order chi connectivity index (χ1) is 17.6. The Hall–Kier alpha value is -3.07. The number of aromatic nitrogens is 2. The molecule has 0 N–H and O–H groups in total. The predicted molar refractivity (Wildman–Crippen MR) is 143 cm³/mol. The molecule has 202 valence electrons. The average molecular weight is 532 g/mol. The van der Waals surface area contributed by atoms with Crippen LogP contribution < -0.4 is 4.74 Å². The SMILES string of the molecule is CC(C)n1nccc1C(=O)N1CCCCOc2ccc(Cl)cc2C(=O)N(C)[C@@H](C)C(=O)N(C)CCCC1. The molecule has 0 saturated carbocycles. The van der Waals surface area contributed by atoms with Crippen LogP contribution in [0.5, 0.6) is 5.75 Å². The van der Waals surface area contributed by atoms with Gasteiger partial charge in [-0.05, 0) is 70.7 Å². The van der Waals surface area contributed by atoms with Gasteiger partial charge in [0.2, 0.25) is 5.91 Å². The van der Waals surface area contributed by atoms with E-state index < -0.39 is 6.04 Å². The molecule has 37 heavy (non-hydrogen) atoms. The van der Waals surface area contributed by atoms with E-state index in [-0.39, 0.29) is 23.8 Å². The van der Waals surface area contributed by atoms with Crippen LogP contribution in [0.4, 0.5) is 0 Å². The molecule has 3 amide bonds. The van der Waals surface area contributed by atoms with Gasteiger partial charge in [-0.15, -0.1) is 0 Å². The fraction of sp³-hybridized carbons (Fsp3) is 0.556. The van der Waals surface area contributed by atoms with Gasteiger partial charge in [-0.3, -0.25) is 19.1 Å². The number of hydrogen-bond donors (Lipinski definition) is 0. The number of benzene rings is 1. The second kappa shape index (κ2) is 12.9. The summed E-state index contributed by atoms with van der Waals surface area (Å²) in [5, 5.41) is 4.73. The summed E-state index contributed by atoms with van der Waals surface area (Å²) in [6.45, 7) is 7.79. The van der Waals surface area contributed by atoms with Crippen LogP contribution in [-0.4, -0.2) is 88.6 Å². The fourth-order valence-electron chi connectivity index (χ4n) is 4.37. The summed E-state index contributed by atoms with van der Waals surface area (Å²) in [5.74, 6) is -0.101. The average Bonchev–Trinajstić information content (AvgIpc) is 3.38. The van der Waals surface area contributed by atoms with Gasteiger partial charge in [-0.25, -0.2) is 0 Å². The van der Waals surface area contributed by atoms with E-state index in [0.717, 1.165) is 19.3 Å². The van der Waals surface area contributed by atoms with Crippen molar-refractivity contribution in [2.24, 2.45) is 0 Å². The summed E-state index contributed by atoms with van der Waals surface area (Å²) in [6, 6.07) is 6.11. The molecule has 9 nitrogen and oxygen atoms in total. The number of halogens is 1. The molecule has 10 heteroatoms. The van der Waals surface area contributed by atoms with Crippen molar-refractivity contribution in [1.82, 2.24) is 24.5 Å². The highest BCUT2D eigenvalue weighted by atomic mass is 35.5. The van der Waals surface area contributed by atoms with Crippen LogP contribution in [0.15, 0.2) is 30.5 Å². The predicted octanol–water partition coefficient (Wildman–Crippen LogP) is 4.13. The Labute approximate surface area is 224 Å². The van der Waals surface area contributed by atoms with Crippen molar-refractivity contribution < 1.29 is 19.1 Å². The number of fused-ring (bicyclic) bond motifs is 1. The molecule has 0 bridgehead atoms. The topological polar surface area (TPSA) is 88.0 Å². The summed E-state index contributed by atoms with van der Waals surface area (Å²) in [7, 11) is 3.35. The Balaban J connectivity index is 1.82. The molecule has 3 rings (SSSR count). The molecule has 2 heterocycles. The van der Waals surface area contributed by atoms with Crippen LogP contribution in [0.3, 0.4) is 0 Å². The maximum atomic E-state index is 13.4. The molecule has 0 fully saturated rings. The van der Waals surface area contributed by atoms with Crippen molar-refractivity contribution in [3.05, 3.63) is 46.7 Å². The van der Waals surface area contributed by atoms with Crippen molar-refractivity contribution in [2.45, 2.75) is 58.5 Å². The van der Waals surface area contributed by atoms with Gasteiger partial charge in [-0.1, -0.05) is 11.6 Å². The monoisotopic (exact) mass is 531 g/mol. The quantitative estimate of drug-likeness (QED) is 0.581. The van der Waals surface area contributed by atoms with Gasteiger partial charge in [-0.2, -0.15) is 5.10 Å². The Morgan fingerprint density at radius 3 is 2.43 bits per heavy atom. The summed E-state index contributed by atoms with van der Waals surface area (Å²) in [5.41, 5.74) is 0.894. The van der Waals surface area contributed by atoms with Crippen LogP contribution in [0.2, 0.25) is 5.02 Å². The lowest BCUT2D eigenvalue weighted by Gasteiger charge is -2.29. The summed E-state index contributed by atoms with van der Waals surface area (Å²) in [4.78, 5) is 44.7. The Bertz CT molecular complexity index is 1100. The second-order valence-corrected chi connectivity index (χ2v) is 10.2. The largest absolute Gasteiger partial charge is 0.493 e. The molecule has 0 saturated heterocycles. The zero-order valence-corrected chi connectivity index (χ0v) is 23.2. The number of likely N-dealkylation sites (N-methyl/N-ethyl adjacent to an activating group) is 2. The molecule has 1 atom stereocenters. The number of nitrogens with zero attached hydrogens (tertiary/aromatic N) is 5. The lowest BCUT2D eigenvalue weighted by atomic mass is 10.1. The van der Waals surface area contributed by atoms with Crippen LogP contribution in [0.25, 0.3) is 0 Å². The molecule has 0 aliphatic carbocycles. The van der Waals surface area contributed by atoms with Gasteiger partial charge in [0.25, 0.3) is 11.8 Å². The zero-order valence-electron chi connectivity index (χ0n) is 22.4. The maximum Gasteiger partial charge on any atom is 0.272 e. The highest BCUT2D eigenvalue weighted by Gasteiger charge is 2.28. The van der Waals surface area contributed by atoms with Crippen LogP contribution in [-0.2, 0) is 4.79 Å². The Kier molecular flexibility index (Phi) is 9.97. The van der Waals surface area contributed by atoms with E-state index in [0.29, 0.717) is 54.7 Å². The Morgan fingerprint density at radius 2 is 1.73 bits per heavy atom. The number of ether oxygens (including phenoxy) is 1. The zero-order chi connectivity index (χ0) is 27.1. The van der Waals surface area contributed by atoms with Gasteiger partial charge >= 0.3 is 0 Å². The van der Waals surface area contributed by atoms with E-state index in [2.05, 4.69) is 5.10 Å². The lowest BCUT2D eigenvalue weighted by molar-refractivity contribution is -0.133. The number of carbonyl (C=O) groups is 3. The van der Waals surface area contributed by atoms with Crippen LogP contribution in [0.1, 0.15) is 73.3 Å². The first-order valence-electron chi connectivity index (χ1n) is 12.9. The number of carbonyl (C=O) groups excluding carboxylic acids is 3. The third-order valence-corrected chi connectivity index (χ3v) is 6.96. The van der Waals surface area contributed by atoms with Gasteiger partial charge in [0.15, 0.2) is 0 Å².